The molecule has 2 atom stereocenters. The van der Waals surface area contributed by atoms with Gasteiger partial charge in [0.25, 0.3) is 0 Å². The fraction of sp³-hybridized carbons (Fsp3) is 0.733. The number of nitrogens with two attached hydrogens (primary N) is 2. The van der Waals surface area contributed by atoms with E-state index in [-0.39, 0.29) is 18.4 Å². The zero-order chi connectivity index (χ0) is 17.2. The lowest BCUT2D eigenvalue weighted by atomic mass is 10.1. The van der Waals surface area contributed by atoms with Crippen LogP contribution in [0, 0.1) is 0 Å². The number of aldehydes is 1. The lowest BCUT2D eigenvalue weighted by Crippen LogP contribution is -2.48. The third-order valence-corrected chi connectivity index (χ3v) is 3.70. The number of nitrogens with one attached hydrogen (secondary N) is 1. The van der Waals surface area contributed by atoms with Crippen LogP contribution in [-0.2, 0) is 14.4 Å². The molecule has 0 saturated carbocycles. The normalized spacial score (nSPS) is 20.8. The second-order valence-electron chi connectivity index (χ2n) is 5.84. The molecule has 1 aliphatic heterocycles. The Balaban J connectivity index is 2.41. The van der Waals surface area contributed by atoms with Gasteiger partial charge >= 0.3 is 0 Å². The van der Waals surface area contributed by atoms with Crippen molar-refractivity contribution in [3.05, 3.63) is 0 Å². The van der Waals surface area contributed by atoms with Crippen molar-refractivity contribution < 1.29 is 14.4 Å². The second kappa shape index (κ2) is 9.94. The molecular weight excluding hydrogens is 298 g/mol. The Morgan fingerprint density at radius 3 is 2.91 bits per heavy atom. The van der Waals surface area contributed by atoms with E-state index in [2.05, 4.69) is 10.3 Å². The largest absolute Gasteiger partial charge is 0.388 e. The average molecular weight is 325 g/mol. The summed E-state index contributed by atoms with van der Waals surface area (Å²) in [6, 6.07) is -1.11. The summed E-state index contributed by atoms with van der Waals surface area (Å²) >= 11 is 0. The van der Waals surface area contributed by atoms with Crippen LogP contribution in [-0.4, -0.2) is 60.6 Å². The standard InChI is InChI=1S/C15H27N5O3/c1-11(16)18-7-4-5-12(10-21)19-14(22)9-20-8-3-2-6-13(17)15(20)23/h10,12-13H,2-9,17H2,1H3,(H2,16,18)(H,19,22)/t12-,13-/m0/s1. The van der Waals surface area contributed by atoms with E-state index in [0.29, 0.717) is 44.5 Å². The topological polar surface area (TPSA) is 131 Å². The van der Waals surface area contributed by atoms with Crippen molar-refractivity contribution in [2.24, 2.45) is 16.5 Å². The lowest BCUT2D eigenvalue weighted by Gasteiger charge is -2.23. The first-order chi connectivity index (χ1) is 10.9. The molecule has 0 aromatic carbocycles. The Labute approximate surface area is 136 Å². The third-order valence-electron chi connectivity index (χ3n) is 3.70. The number of hydrogen-bond donors (Lipinski definition) is 3. The molecule has 0 aromatic rings. The molecule has 5 N–H and O–H groups in total. The minimum atomic E-state index is -0.577. The van der Waals surface area contributed by atoms with E-state index in [1.807, 2.05) is 0 Å². The van der Waals surface area contributed by atoms with Gasteiger partial charge in [0, 0.05) is 13.1 Å². The van der Waals surface area contributed by atoms with Crippen LogP contribution in [0.1, 0.15) is 39.0 Å². The second-order valence-corrected chi connectivity index (χ2v) is 5.84. The Morgan fingerprint density at radius 1 is 1.52 bits per heavy atom. The third kappa shape index (κ3) is 7.23. The van der Waals surface area contributed by atoms with Gasteiger partial charge in [-0.15, -0.1) is 0 Å². The van der Waals surface area contributed by atoms with Gasteiger partial charge in [0.1, 0.15) is 6.29 Å². The number of aliphatic imine (C=N–C) groups is 1. The summed E-state index contributed by atoms with van der Waals surface area (Å²) < 4.78 is 0. The fourth-order valence-corrected chi connectivity index (χ4v) is 2.46. The van der Waals surface area contributed by atoms with Crippen molar-refractivity contribution in [3.63, 3.8) is 0 Å². The Bertz CT molecular complexity index is 448. The zero-order valence-electron chi connectivity index (χ0n) is 13.7. The molecular formula is C15H27N5O3. The minimum Gasteiger partial charge on any atom is -0.388 e. The highest BCUT2D eigenvalue weighted by Gasteiger charge is 2.25. The predicted octanol–water partition coefficient (Wildman–Crippen LogP) is -0.833. The van der Waals surface area contributed by atoms with Crippen LogP contribution >= 0.6 is 0 Å². The number of likely N-dealkylation sites (tertiary alicyclic amines) is 1. The van der Waals surface area contributed by atoms with Gasteiger partial charge in [-0.3, -0.25) is 14.6 Å². The average Bonchev–Trinajstić information content (AvgIpc) is 2.65. The van der Waals surface area contributed by atoms with Crippen molar-refractivity contribution in [3.8, 4) is 0 Å². The van der Waals surface area contributed by atoms with Crippen molar-refractivity contribution in [2.75, 3.05) is 19.6 Å². The number of amidine groups is 1. The Morgan fingerprint density at radius 2 is 2.26 bits per heavy atom. The maximum absolute atomic E-state index is 12.0. The molecule has 2 amide bonds. The van der Waals surface area contributed by atoms with Gasteiger partial charge < -0.3 is 26.5 Å². The zero-order valence-corrected chi connectivity index (χ0v) is 13.7. The lowest BCUT2D eigenvalue weighted by molar-refractivity contribution is -0.137. The van der Waals surface area contributed by atoms with Gasteiger partial charge in [0.15, 0.2) is 0 Å². The molecule has 1 saturated heterocycles. The van der Waals surface area contributed by atoms with E-state index in [4.69, 9.17) is 11.5 Å². The van der Waals surface area contributed by atoms with Crippen molar-refractivity contribution in [2.45, 2.75) is 51.1 Å². The van der Waals surface area contributed by atoms with Crippen LogP contribution in [0.2, 0.25) is 0 Å². The van der Waals surface area contributed by atoms with E-state index in [1.165, 1.54) is 4.90 Å². The number of hydrogen-bond acceptors (Lipinski definition) is 5. The molecule has 0 aliphatic carbocycles. The summed E-state index contributed by atoms with van der Waals surface area (Å²) in [4.78, 5) is 40.6. The van der Waals surface area contributed by atoms with Gasteiger partial charge in [-0.05, 0) is 39.0 Å². The molecule has 1 fully saturated rings. The first-order valence-electron chi connectivity index (χ1n) is 7.99. The highest BCUT2D eigenvalue weighted by atomic mass is 16.2. The molecule has 0 radical (unpaired) electrons. The number of rotatable bonds is 8. The maximum atomic E-state index is 12.0. The smallest absolute Gasteiger partial charge is 0.240 e. The fourth-order valence-electron chi connectivity index (χ4n) is 2.46. The Kier molecular flexibility index (Phi) is 8.25. The monoisotopic (exact) mass is 325 g/mol. The van der Waals surface area contributed by atoms with E-state index < -0.39 is 12.1 Å². The number of nitrogens with zero attached hydrogens (tertiary/aromatic N) is 2. The molecule has 0 spiro atoms. The van der Waals surface area contributed by atoms with Gasteiger partial charge in [-0.25, -0.2) is 0 Å². The summed E-state index contributed by atoms with van der Waals surface area (Å²) in [5.41, 5.74) is 11.2. The highest BCUT2D eigenvalue weighted by molar-refractivity contribution is 5.88. The molecule has 1 rings (SSSR count). The summed E-state index contributed by atoms with van der Waals surface area (Å²) in [6.07, 6.45) is 4.19. The summed E-state index contributed by atoms with van der Waals surface area (Å²) in [5, 5.41) is 2.64. The quantitative estimate of drug-likeness (QED) is 0.232. The van der Waals surface area contributed by atoms with Crippen molar-refractivity contribution >= 4 is 23.9 Å². The molecule has 0 aromatic heterocycles. The SMILES string of the molecule is CC(N)=NCCC[C@@H](C=O)NC(=O)CN1CCCC[C@H](N)C1=O. The maximum Gasteiger partial charge on any atom is 0.240 e. The van der Waals surface area contributed by atoms with Crippen LogP contribution in [0.15, 0.2) is 4.99 Å². The predicted molar refractivity (Wildman–Crippen MR) is 87.8 cm³/mol. The van der Waals surface area contributed by atoms with E-state index in [0.717, 1.165) is 12.8 Å². The molecule has 1 aliphatic rings. The number of carbonyl (C=O) groups excluding carboxylic acids is 3. The molecule has 0 unspecified atom stereocenters. The van der Waals surface area contributed by atoms with E-state index in [9.17, 15) is 14.4 Å². The molecule has 130 valence electrons. The van der Waals surface area contributed by atoms with Crippen LogP contribution in [0.5, 0.6) is 0 Å². The summed E-state index contributed by atoms with van der Waals surface area (Å²) in [7, 11) is 0. The number of amides is 2. The molecule has 8 heteroatoms. The van der Waals surface area contributed by atoms with Gasteiger partial charge in [0.05, 0.1) is 24.5 Å². The van der Waals surface area contributed by atoms with Gasteiger partial charge in [0.2, 0.25) is 11.8 Å². The van der Waals surface area contributed by atoms with Crippen LogP contribution < -0.4 is 16.8 Å². The van der Waals surface area contributed by atoms with E-state index in [1.54, 1.807) is 6.92 Å². The molecule has 0 bridgehead atoms. The van der Waals surface area contributed by atoms with Crippen LogP contribution in [0.3, 0.4) is 0 Å². The van der Waals surface area contributed by atoms with Crippen molar-refractivity contribution in [1.29, 1.82) is 0 Å². The molecule has 8 nitrogen and oxygen atoms in total. The first-order valence-corrected chi connectivity index (χ1v) is 7.99. The highest BCUT2D eigenvalue weighted by Crippen LogP contribution is 2.10. The van der Waals surface area contributed by atoms with Gasteiger partial charge in [-0.2, -0.15) is 0 Å². The van der Waals surface area contributed by atoms with Crippen LogP contribution in [0.25, 0.3) is 0 Å². The molecule has 1 heterocycles. The van der Waals surface area contributed by atoms with Crippen LogP contribution in [0.4, 0.5) is 0 Å². The minimum absolute atomic E-state index is 0.0586. The van der Waals surface area contributed by atoms with Gasteiger partial charge in [-0.1, -0.05) is 0 Å². The first kappa shape index (κ1) is 19.1. The Hall–Kier alpha value is -1.96. The summed E-state index contributed by atoms with van der Waals surface area (Å²) in [5.74, 6) is -0.0520. The van der Waals surface area contributed by atoms with Crippen molar-refractivity contribution in [1.82, 2.24) is 10.2 Å². The summed E-state index contributed by atoms with van der Waals surface area (Å²) in [6.45, 7) is 2.68. The van der Waals surface area contributed by atoms with E-state index >= 15 is 0 Å². The molecule has 23 heavy (non-hydrogen) atoms. The number of carbonyl (C=O) groups is 3.